The van der Waals surface area contributed by atoms with Crippen LogP contribution in [0.25, 0.3) is 27.9 Å². The number of aromatic amines is 1. The molecule has 3 N–H and O–H groups in total. The van der Waals surface area contributed by atoms with Gasteiger partial charge in [0.05, 0.1) is 18.0 Å². The Morgan fingerprint density at radius 3 is 2.85 bits per heavy atom. The summed E-state index contributed by atoms with van der Waals surface area (Å²) in [6.07, 6.45) is 6.94. The smallest absolute Gasteiger partial charge is 0.228 e. The highest BCUT2D eigenvalue weighted by Crippen LogP contribution is 2.31. The topological polar surface area (TPSA) is 104 Å². The molecular formula is C25H24FN7O. The summed E-state index contributed by atoms with van der Waals surface area (Å²) in [5, 5.41) is 19.9. The van der Waals surface area contributed by atoms with Gasteiger partial charge in [0, 0.05) is 40.0 Å². The molecule has 0 amide bonds. The number of hydrogen-bond donors (Lipinski definition) is 3. The maximum Gasteiger partial charge on any atom is 0.228 e. The molecule has 1 aromatic carbocycles. The molecular weight excluding hydrogens is 433 g/mol. The Labute approximate surface area is 194 Å². The summed E-state index contributed by atoms with van der Waals surface area (Å²) in [7, 11) is 0. The number of para-hydroxylation sites is 1. The Kier molecular flexibility index (Phi) is 4.63. The van der Waals surface area contributed by atoms with Gasteiger partial charge < -0.3 is 15.4 Å². The summed E-state index contributed by atoms with van der Waals surface area (Å²) >= 11 is 0. The molecule has 5 aromatic rings. The minimum Gasteiger partial charge on any atom is -0.386 e. The van der Waals surface area contributed by atoms with Crippen molar-refractivity contribution in [1.82, 2.24) is 29.5 Å². The van der Waals surface area contributed by atoms with Gasteiger partial charge in [-0.25, -0.2) is 9.37 Å². The van der Waals surface area contributed by atoms with Gasteiger partial charge in [-0.1, -0.05) is 18.2 Å². The number of hydrogen-bond acceptors (Lipinski definition) is 6. The van der Waals surface area contributed by atoms with Crippen LogP contribution in [0.1, 0.15) is 37.1 Å². The first-order valence-corrected chi connectivity index (χ1v) is 11.3. The second-order valence-corrected chi connectivity index (χ2v) is 9.33. The first-order chi connectivity index (χ1) is 16.4. The number of H-pyrrole nitrogens is 1. The molecule has 0 radical (unpaired) electrons. The van der Waals surface area contributed by atoms with Gasteiger partial charge in [-0.3, -0.25) is 4.98 Å². The summed E-state index contributed by atoms with van der Waals surface area (Å²) in [5.41, 5.74) is 4.07. The predicted octanol–water partition coefficient (Wildman–Crippen LogP) is 4.00. The Bertz CT molecular complexity index is 1530. The minimum absolute atomic E-state index is 0.123. The lowest BCUT2D eigenvalue weighted by Gasteiger charge is -2.24. The van der Waals surface area contributed by atoms with E-state index in [2.05, 4.69) is 48.6 Å². The molecule has 0 saturated carbocycles. The lowest BCUT2D eigenvalue weighted by molar-refractivity contribution is 0.0799. The molecule has 0 saturated heterocycles. The molecule has 9 heteroatoms. The number of aromatic nitrogens is 6. The van der Waals surface area contributed by atoms with Gasteiger partial charge in [-0.15, -0.1) is 0 Å². The van der Waals surface area contributed by atoms with E-state index in [-0.39, 0.29) is 6.04 Å². The maximum atomic E-state index is 13.9. The monoisotopic (exact) mass is 457 g/mol. The number of benzene rings is 1. The standard InChI is InChI=1S/C25H24FN7O/c1-25(2,34)19-13-28-33-23(19)31-22(14-9-15(26)12-27-11-14)32-24(33)29-16-7-8-21-18(10-16)17-5-3-4-6-20(17)30-21/h3-6,9,11-13,16,30,34H,7-8,10H2,1-2H3,(H,29,31,32)/t16-/m1/s1. The molecule has 0 bridgehead atoms. The minimum atomic E-state index is -1.16. The van der Waals surface area contributed by atoms with Gasteiger partial charge >= 0.3 is 0 Å². The number of rotatable bonds is 4. The third kappa shape index (κ3) is 3.49. The van der Waals surface area contributed by atoms with Crippen molar-refractivity contribution in [2.45, 2.75) is 44.8 Å². The molecule has 1 aliphatic carbocycles. The van der Waals surface area contributed by atoms with Crippen LogP contribution in [-0.4, -0.2) is 40.7 Å². The van der Waals surface area contributed by atoms with E-state index in [1.54, 1.807) is 24.6 Å². The lowest BCUT2D eigenvalue weighted by Crippen LogP contribution is -2.29. The molecule has 1 aliphatic rings. The van der Waals surface area contributed by atoms with Crippen LogP contribution in [0.4, 0.5) is 10.3 Å². The Hall–Kier alpha value is -3.85. The van der Waals surface area contributed by atoms with Crippen LogP contribution in [0.3, 0.4) is 0 Å². The van der Waals surface area contributed by atoms with Gasteiger partial charge in [-0.2, -0.15) is 14.6 Å². The van der Waals surface area contributed by atoms with Gasteiger partial charge in [0.25, 0.3) is 0 Å². The quantitative estimate of drug-likeness (QED) is 0.377. The molecule has 1 atom stereocenters. The number of halogens is 1. The number of aryl methyl sites for hydroxylation is 1. The third-order valence-corrected chi connectivity index (χ3v) is 6.42. The van der Waals surface area contributed by atoms with Crippen molar-refractivity contribution < 1.29 is 9.50 Å². The molecule has 0 fully saturated rings. The number of nitrogens with zero attached hydrogens (tertiary/aromatic N) is 5. The van der Waals surface area contributed by atoms with Crippen LogP contribution < -0.4 is 5.32 Å². The normalized spacial score (nSPS) is 16.2. The second kappa shape index (κ2) is 7.59. The highest BCUT2D eigenvalue weighted by molar-refractivity contribution is 5.85. The number of pyridine rings is 1. The summed E-state index contributed by atoms with van der Waals surface area (Å²) < 4.78 is 15.5. The van der Waals surface area contributed by atoms with Crippen molar-refractivity contribution in [2.24, 2.45) is 0 Å². The van der Waals surface area contributed by atoms with E-state index in [9.17, 15) is 9.50 Å². The fraction of sp³-hybridized carbons (Fsp3) is 0.280. The molecule has 4 heterocycles. The second-order valence-electron chi connectivity index (χ2n) is 9.33. The molecule has 8 nitrogen and oxygen atoms in total. The van der Waals surface area contributed by atoms with Crippen molar-refractivity contribution in [3.05, 3.63) is 71.6 Å². The van der Waals surface area contributed by atoms with Crippen LogP contribution in [0, 0.1) is 5.82 Å². The molecule has 34 heavy (non-hydrogen) atoms. The zero-order valence-corrected chi connectivity index (χ0v) is 18.9. The van der Waals surface area contributed by atoms with Crippen molar-refractivity contribution in [1.29, 1.82) is 0 Å². The van der Waals surface area contributed by atoms with Crippen molar-refractivity contribution in [3.8, 4) is 11.4 Å². The first kappa shape index (κ1) is 20.7. The molecule has 172 valence electrons. The fourth-order valence-corrected chi connectivity index (χ4v) is 4.74. The van der Waals surface area contributed by atoms with Crippen LogP contribution >= 0.6 is 0 Å². The van der Waals surface area contributed by atoms with E-state index in [1.807, 2.05) is 6.07 Å². The maximum absolute atomic E-state index is 13.9. The van der Waals surface area contributed by atoms with Crippen LogP contribution in [0.5, 0.6) is 0 Å². The third-order valence-electron chi connectivity index (χ3n) is 6.42. The summed E-state index contributed by atoms with van der Waals surface area (Å²) in [6, 6.07) is 9.82. The highest BCUT2D eigenvalue weighted by atomic mass is 19.1. The van der Waals surface area contributed by atoms with E-state index in [1.165, 1.54) is 28.9 Å². The number of anilines is 1. The molecule has 6 rings (SSSR count). The first-order valence-electron chi connectivity index (χ1n) is 11.3. The summed E-state index contributed by atoms with van der Waals surface area (Å²) in [5.74, 6) is 0.343. The van der Waals surface area contributed by atoms with Crippen molar-refractivity contribution in [3.63, 3.8) is 0 Å². The largest absolute Gasteiger partial charge is 0.386 e. The van der Waals surface area contributed by atoms with Gasteiger partial charge in [0.15, 0.2) is 11.5 Å². The van der Waals surface area contributed by atoms with E-state index >= 15 is 0 Å². The molecule has 0 unspecified atom stereocenters. The van der Waals surface area contributed by atoms with Crippen LogP contribution in [0.15, 0.2) is 48.9 Å². The van der Waals surface area contributed by atoms with Crippen LogP contribution in [-0.2, 0) is 18.4 Å². The predicted molar refractivity (Wildman–Crippen MR) is 127 cm³/mol. The van der Waals surface area contributed by atoms with Gasteiger partial charge in [0.1, 0.15) is 5.82 Å². The van der Waals surface area contributed by atoms with Crippen LogP contribution in [0.2, 0.25) is 0 Å². The summed E-state index contributed by atoms with van der Waals surface area (Å²) in [6.45, 7) is 3.37. The van der Waals surface area contributed by atoms with Crippen molar-refractivity contribution >= 4 is 22.5 Å². The lowest BCUT2D eigenvalue weighted by atomic mass is 9.91. The molecule has 0 spiro atoms. The number of nitrogens with one attached hydrogen (secondary N) is 2. The zero-order valence-electron chi connectivity index (χ0n) is 18.9. The van der Waals surface area contributed by atoms with E-state index in [0.717, 1.165) is 31.0 Å². The molecule has 4 aromatic heterocycles. The zero-order chi connectivity index (χ0) is 23.4. The van der Waals surface area contributed by atoms with E-state index in [4.69, 9.17) is 0 Å². The van der Waals surface area contributed by atoms with Gasteiger partial charge in [-0.05, 0) is 50.8 Å². The van der Waals surface area contributed by atoms with Crippen molar-refractivity contribution in [2.75, 3.05) is 5.32 Å². The van der Waals surface area contributed by atoms with Gasteiger partial charge in [0.2, 0.25) is 5.95 Å². The number of fused-ring (bicyclic) bond motifs is 4. The Morgan fingerprint density at radius 1 is 1.18 bits per heavy atom. The van der Waals surface area contributed by atoms with E-state index in [0.29, 0.717) is 28.5 Å². The summed E-state index contributed by atoms with van der Waals surface area (Å²) in [4.78, 5) is 16.8. The fourth-order valence-electron chi connectivity index (χ4n) is 4.74. The average molecular weight is 458 g/mol. The Morgan fingerprint density at radius 2 is 2.03 bits per heavy atom. The average Bonchev–Trinajstić information content (AvgIpc) is 3.41. The SMILES string of the molecule is CC(C)(O)c1cnn2c(N[C@@H]3CCc4[nH]c5ccccc5c4C3)nc(-c3cncc(F)c3)nc12. The van der Waals surface area contributed by atoms with E-state index < -0.39 is 11.4 Å². The molecule has 0 aliphatic heterocycles. The number of aliphatic hydroxyl groups is 1. The Balaban J connectivity index is 1.43. The highest BCUT2D eigenvalue weighted by Gasteiger charge is 2.27.